The maximum Gasteiger partial charge on any atom is 0.256 e. The molecule has 2 aromatic carbocycles. The molecule has 3 rings (SSSR count). The lowest BCUT2D eigenvalue weighted by Crippen LogP contribution is -2.54. The number of nitrogens with two attached hydrogens (primary N) is 1. The third kappa shape index (κ3) is 4.61. The number of hydrogen-bond acceptors (Lipinski definition) is 3. The molecule has 0 aliphatic carbocycles. The van der Waals surface area contributed by atoms with Crippen LogP contribution in [0.1, 0.15) is 28.4 Å². The lowest BCUT2D eigenvalue weighted by Gasteiger charge is -2.36. The highest BCUT2D eigenvalue weighted by Gasteiger charge is 2.35. The average Bonchev–Trinajstić information content (AvgIpc) is 2.66. The van der Waals surface area contributed by atoms with Crippen LogP contribution in [-0.2, 0) is 17.8 Å². The summed E-state index contributed by atoms with van der Waals surface area (Å²) in [5.41, 5.74) is 8.15. The predicted octanol–water partition coefficient (Wildman–Crippen LogP) is 2.79. The number of halogens is 2. The number of hydrogen-bond donors (Lipinski definition) is 2. The molecule has 5 nitrogen and oxygen atoms in total. The van der Waals surface area contributed by atoms with Crippen LogP contribution in [0.25, 0.3) is 0 Å². The summed E-state index contributed by atoms with van der Waals surface area (Å²) in [6.45, 7) is 2.55. The van der Waals surface area contributed by atoms with E-state index in [2.05, 4.69) is 5.32 Å². The Morgan fingerprint density at radius 1 is 1.19 bits per heavy atom. The third-order valence-electron chi connectivity index (χ3n) is 4.66. The number of carbonyl (C=O) groups is 2. The number of nitrogens with zero attached hydrogens (tertiary/aromatic N) is 1. The van der Waals surface area contributed by atoms with Gasteiger partial charge in [0, 0.05) is 25.6 Å². The van der Waals surface area contributed by atoms with Crippen LogP contribution in [0, 0.1) is 0 Å². The van der Waals surface area contributed by atoms with Crippen LogP contribution in [0.2, 0.25) is 5.02 Å². The summed E-state index contributed by atoms with van der Waals surface area (Å²) in [5.74, 6) is -0.441. The topological polar surface area (TPSA) is 75.4 Å². The van der Waals surface area contributed by atoms with Gasteiger partial charge in [-0.05, 0) is 30.2 Å². The van der Waals surface area contributed by atoms with Crippen molar-refractivity contribution in [3.05, 3.63) is 70.2 Å². The monoisotopic (exact) mass is 407 g/mol. The molecule has 0 aromatic heterocycles. The van der Waals surface area contributed by atoms with E-state index in [1.165, 1.54) is 0 Å². The van der Waals surface area contributed by atoms with Crippen molar-refractivity contribution in [3.63, 3.8) is 0 Å². The van der Waals surface area contributed by atoms with Gasteiger partial charge in [-0.2, -0.15) is 0 Å². The molecule has 0 saturated heterocycles. The second-order valence-electron chi connectivity index (χ2n) is 6.55. The first-order chi connectivity index (χ1) is 12.5. The van der Waals surface area contributed by atoms with E-state index >= 15 is 0 Å². The molecule has 0 saturated carbocycles. The highest BCUT2D eigenvalue weighted by Crippen LogP contribution is 2.27. The molecule has 144 valence electrons. The summed E-state index contributed by atoms with van der Waals surface area (Å²) < 4.78 is 0. The highest BCUT2D eigenvalue weighted by atomic mass is 35.5. The quantitative estimate of drug-likeness (QED) is 0.817. The van der Waals surface area contributed by atoms with E-state index in [1.807, 2.05) is 31.2 Å². The molecule has 0 bridgehead atoms. The average molecular weight is 408 g/mol. The fourth-order valence-electron chi connectivity index (χ4n) is 3.16. The van der Waals surface area contributed by atoms with Gasteiger partial charge in [0.1, 0.15) is 6.04 Å². The van der Waals surface area contributed by atoms with Crippen molar-refractivity contribution in [2.75, 3.05) is 6.54 Å². The number of nitrogens with one attached hydrogen (secondary N) is 1. The Morgan fingerprint density at radius 2 is 1.81 bits per heavy atom. The highest BCUT2D eigenvalue weighted by molar-refractivity contribution is 6.33. The molecule has 7 heteroatoms. The summed E-state index contributed by atoms with van der Waals surface area (Å²) in [6, 6.07) is 14.0. The summed E-state index contributed by atoms with van der Waals surface area (Å²) in [7, 11) is 0. The Bertz CT molecular complexity index is 828. The van der Waals surface area contributed by atoms with Gasteiger partial charge in [0.2, 0.25) is 5.91 Å². The van der Waals surface area contributed by atoms with E-state index in [-0.39, 0.29) is 30.3 Å². The molecule has 1 unspecified atom stereocenters. The number of rotatable bonds is 4. The SMILES string of the molecule is C[C@@H](CN)NC(=O)C1Cc2ccccc2CN1C(=O)c1ccccc1Cl.Cl. The second-order valence-corrected chi connectivity index (χ2v) is 6.95. The van der Waals surface area contributed by atoms with E-state index in [0.29, 0.717) is 30.1 Å². The smallest absolute Gasteiger partial charge is 0.256 e. The fraction of sp³-hybridized carbons (Fsp3) is 0.300. The Labute approximate surface area is 170 Å². The first-order valence-electron chi connectivity index (χ1n) is 8.64. The van der Waals surface area contributed by atoms with Gasteiger partial charge in [0.25, 0.3) is 5.91 Å². The zero-order chi connectivity index (χ0) is 18.7. The summed E-state index contributed by atoms with van der Waals surface area (Å²) in [5, 5.41) is 3.27. The Balaban J connectivity index is 0.00000261. The standard InChI is InChI=1S/C20H22ClN3O2.ClH/c1-13(11-22)23-19(25)18-10-14-6-2-3-7-15(14)12-24(18)20(26)16-8-4-5-9-17(16)21;/h2-9,13,18H,10-12,22H2,1H3,(H,23,25);1H/t13-,18?;/m0./s1. The molecule has 3 N–H and O–H groups in total. The van der Waals surface area contributed by atoms with E-state index in [4.69, 9.17) is 17.3 Å². The van der Waals surface area contributed by atoms with E-state index < -0.39 is 6.04 Å². The van der Waals surface area contributed by atoms with Crippen LogP contribution in [-0.4, -0.2) is 35.3 Å². The maximum absolute atomic E-state index is 13.1. The van der Waals surface area contributed by atoms with Crippen LogP contribution in [0.15, 0.2) is 48.5 Å². The van der Waals surface area contributed by atoms with Crippen molar-refractivity contribution in [1.82, 2.24) is 10.2 Å². The van der Waals surface area contributed by atoms with Gasteiger partial charge in [-0.1, -0.05) is 48.0 Å². The first kappa shape index (κ1) is 21.2. The van der Waals surface area contributed by atoms with Crippen molar-refractivity contribution >= 4 is 35.8 Å². The van der Waals surface area contributed by atoms with Crippen molar-refractivity contribution < 1.29 is 9.59 Å². The molecule has 0 fully saturated rings. The summed E-state index contributed by atoms with van der Waals surface area (Å²) >= 11 is 6.21. The summed E-state index contributed by atoms with van der Waals surface area (Å²) in [6.07, 6.45) is 0.468. The Morgan fingerprint density at radius 3 is 2.48 bits per heavy atom. The van der Waals surface area contributed by atoms with Gasteiger partial charge >= 0.3 is 0 Å². The van der Waals surface area contributed by atoms with Gasteiger partial charge in [0.15, 0.2) is 0 Å². The molecule has 27 heavy (non-hydrogen) atoms. The maximum atomic E-state index is 13.1. The first-order valence-corrected chi connectivity index (χ1v) is 9.01. The van der Waals surface area contributed by atoms with Gasteiger partial charge in [-0.3, -0.25) is 9.59 Å². The fourth-order valence-corrected chi connectivity index (χ4v) is 3.37. The van der Waals surface area contributed by atoms with Crippen molar-refractivity contribution in [2.45, 2.75) is 32.0 Å². The van der Waals surface area contributed by atoms with Crippen LogP contribution in [0.5, 0.6) is 0 Å². The van der Waals surface area contributed by atoms with E-state index in [1.54, 1.807) is 29.2 Å². The molecular weight excluding hydrogens is 385 g/mol. The van der Waals surface area contributed by atoms with Gasteiger partial charge < -0.3 is 16.0 Å². The number of fused-ring (bicyclic) bond motifs is 1. The van der Waals surface area contributed by atoms with Crippen LogP contribution >= 0.6 is 24.0 Å². The minimum atomic E-state index is -0.595. The molecular formula is C20H23Cl2N3O2. The lowest BCUT2D eigenvalue weighted by atomic mass is 9.92. The minimum Gasteiger partial charge on any atom is -0.351 e. The Hall–Kier alpha value is -2.08. The molecule has 2 amide bonds. The van der Waals surface area contributed by atoms with Gasteiger partial charge in [-0.25, -0.2) is 0 Å². The number of benzene rings is 2. The number of amides is 2. The van der Waals surface area contributed by atoms with Crippen molar-refractivity contribution in [2.24, 2.45) is 5.73 Å². The second kappa shape index (κ2) is 9.22. The van der Waals surface area contributed by atoms with Crippen molar-refractivity contribution in [1.29, 1.82) is 0 Å². The molecule has 0 spiro atoms. The zero-order valence-electron chi connectivity index (χ0n) is 15.0. The third-order valence-corrected chi connectivity index (χ3v) is 4.99. The lowest BCUT2D eigenvalue weighted by molar-refractivity contribution is -0.126. The van der Waals surface area contributed by atoms with Gasteiger partial charge in [0.05, 0.1) is 10.6 Å². The van der Waals surface area contributed by atoms with E-state index in [0.717, 1.165) is 11.1 Å². The van der Waals surface area contributed by atoms with Crippen LogP contribution < -0.4 is 11.1 Å². The molecule has 2 atom stereocenters. The minimum absolute atomic E-state index is 0. The van der Waals surface area contributed by atoms with Crippen LogP contribution in [0.3, 0.4) is 0 Å². The normalized spacial score (nSPS) is 16.7. The van der Waals surface area contributed by atoms with Crippen LogP contribution in [0.4, 0.5) is 0 Å². The molecule has 1 aliphatic rings. The zero-order valence-corrected chi connectivity index (χ0v) is 16.6. The van der Waals surface area contributed by atoms with E-state index in [9.17, 15) is 9.59 Å². The molecule has 1 heterocycles. The largest absolute Gasteiger partial charge is 0.351 e. The van der Waals surface area contributed by atoms with Gasteiger partial charge in [-0.15, -0.1) is 12.4 Å². The predicted molar refractivity (Wildman–Crippen MR) is 109 cm³/mol. The summed E-state index contributed by atoms with van der Waals surface area (Å²) in [4.78, 5) is 27.6. The number of carbonyl (C=O) groups excluding carboxylic acids is 2. The molecule has 2 aromatic rings. The Kier molecular flexibility index (Phi) is 7.25. The van der Waals surface area contributed by atoms with Crippen molar-refractivity contribution in [3.8, 4) is 0 Å². The molecule has 1 aliphatic heterocycles. The molecule has 0 radical (unpaired) electrons.